The minimum Gasteiger partial charge on any atom is -0.447 e. The van der Waals surface area contributed by atoms with E-state index in [0.717, 1.165) is 4.31 Å². The van der Waals surface area contributed by atoms with Gasteiger partial charge in [-0.2, -0.15) is 17.4 Å². The molecule has 0 bridgehead atoms. The Bertz CT molecular complexity index is 790. The van der Waals surface area contributed by atoms with E-state index in [9.17, 15) is 18.0 Å². The monoisotopic (exact) mass is 506 g/mol. The van der Waals surface area contributed by atoms with Crippen molar-refractivity contribution in [3.8, 4) is 0 Å². The normalized spacial score (nSPS) is 22.9. The van der Waals surface area contributed by atoms with Crippen molar-refractivity contribution in [2.24, 2.45) is 0 Å². The molecule has 2 rings (SSSR count). The molecule has 1 N–H and O–H groups in total. The fourth-order valence-corrected chi connectivity index (χ4v) is 4.83. The molecule has 34 heavy (non-hydrogen) atoms. The van der Waals surface area contributed by atoms with E-state index in [0.29, 0.717) is 45.3 Å². The van der Waals surface area contributed by atoms with Gasteiger partial charge in [-0.15, -0.1) is 0 Å². The number of nitrogens with one attached hydrogen (secondary N) is 1. The van der Waals surface area contributed by atoms with Gasteiger partial charge in [0.1, 0.15) is 5.60 Å². The minimum atomic E-state index is -3.69. The average molecular weight is 507 g/mol. The van der Waals surface area contributed by atoms with Gasteiger partial charge in [0.25, 0.3) is 10.2 Å². The van der Waals surface area contributed by atoms with Crippen LogP contribution in [0.2, 0.25) is 0 Å². The third-order valence-corrected chi connectivity index (χ3v) is 7.29. The van der Waals surface area contributed by atoms with Gasteiger partial charge < -0.3 is 24.0 Å². The first kappa shape index (κ1) is 28.6. The second-order valence-electron chi connectivity index (χ2n) is 10.3. The number of likely N-dealkylation sites (tertiary alicyclic amines) is 2. The molecule has 0 aliphatic carbocycles. The van der Waals surface area contributed by atoms with Gasteiger partial charge >= 0.3 is 12.2 Å². The first-order valence-electron chi connectivity index (χ1n) is 12.0. The van der Waals surface area contributed by atoms with Crippen LogP contribution in [0.4, 0.5) is 9.59 Å². The van der Waals surface area contributed by atoms with Crippen LogP contribution in [0.1, 0.15) is 60.3 Å². The highest BCUT2D eigenvalue weighted by Crippen LogP contribution is 2.23. The van der Waals surface area contributed by atoms with Gasteiger partial charge in [-0.25, -0.2) is 9.59 Å². The highest BCUT2D eigenvalue weighted by molar-refractivity contribution is 7.87. The fourth-order valence-electron chi connectivity index (χ4n) is 3.96. The Balaban J connectivity index is 2.03. The molecule has 0 aromatic carbocycles. The van der Waals surface area contributed by atoms with Crippen LogP contribution in [0.15, 0.2) is 0 Å². The SMILES string of the molecule is CC(C)OC(=O)N1CCCC(NS(=O)(=O)N(C)C)C1COC1CCN(C(=O)OC(C)(C)C)CC1. The van der Waals surface area contributed by atoms with Crippen molar-refractivity contribution < 1.29 is 32.2 Å². The largest absolute Gasteiger partial charge is 0.447 e. The molecule has 2 aliphatic rings. The summed E-state index contributed by atoms with van der Waals surface area (Å²) in [6.07, 6.45) is 1.31. The van der Waals surface area contributed by atoms with E-state index in [2.05, 4.69) is 4.72 Å². The molecule has 2 aliphatic heterocycles. The van der Waals surface area contributed by atoms with E-state index in [1.807, 2.05) is 20.8 Å². The quantitative estimate of drug-likeness (QED) is 0.562. The summed E-state index contributed by atoms with van der Waals surface area (Å²) < 4.78 is 45.8. The van der Waals surface area contributed by atoms with Gasteiger partial charge in [0.05, 0.1) is 24.9 Å². The molecule has 0 aromatic heterocycles. The number of hydrogen-bond acceptors (Lipinski definition) is 7. The molecule has 2 atom stereocenters. The number of piperidine rings is 2. The molecule has 0 saturated carbocycles. The van der Waals surface area contributed by atoms with Crippen LogP contribution in [0.25, 0.3) is 0 Å². The van der Waals surface area contributed by atoms with E-state index in [1.54, 1.807) is 23.6 Å². The molecular weight excluding hydrogens is 464 g/mol. The summed E-state index contributed by atoms with van der Waals surface area (Å²) in [5.41, 5.74) is -0.547. The lowest BCUT2D eigenvalue weighted by Crippen LogP contribution is -2.60. The van der Waals surface area contributed by atoms with Gasteiger partial charge in [-0.3, -0.25) is 0 Å². The third kappa shape index (κ3) is 8.54. The van der Waals surface area contributed by atoms with Crippen LogP contribution < -0.4 is 4.72 Å². The van der Waals surface area contributed by atoms with E-state index in [1.165, 1.54) is 14.1 Å². The van der Waals surface area contributed by atoms with Crippen LogP contribution in [-0.4, -0.2) is 105 Å². The smallest absolute Gasteiger partial charge is 0.410 e. The van der Waals surface area contributed by atoms with E-state index in [4.69, 9.17) is 14.2 Å². The maximum Gasteiger partial charge on any atom is 0.410 e. The Labute approximate surface area is 204 Å². The average Bonchev–Trinajstić information content (AvgIpc) is 2.71. The topological polar surface area (TPSA) is 118 Å². The van der Waals surface area contributed by atoms with Crippen LogP contribution >= 0.6 is 0 Å². The molecule has 0 aromatic rings. The maximum absolute atomic E-state index is 12.7. The Hall–Kier alpha value is -1.63. The predicted molar refractivity (Wildman–Crippen MR) is 128 cm³/mol. The number of hydrogen-bond donors (Lipinski definition) is 1. The summed E-state index contributed by atoms with van der Waals surface area (Å²) in [5.74, 6) is 0. The Morgan fingerprint density at radius 1 is 1.06 bits per heavy atom. The van der Waals surface area contributed by atoms with Crippen molar-refractivity contribution in [2.45, 2.75) is 90.2 Å². The minimum absolute atomic E-state index is 0.102. The van der Waals surface area contributed by atoms with Gasteiger partial charge in [-0.05, 0) is 60.3 Å². The lowest BCUT2D eigenvalue weighted by atomic mass is 9.97. The van der Waals surface area contributed by atoms with Crippen molar-refractivity contribution in [1.29, 1.82) is 0 Å². The highest BCUT2D eigenvalue weighted by Gasteiger charge is 2.39. The van der Waals surface area contributed by atoms with Gasteiger partial charge in [0.2, 0.25) is 0 Å². The Kier molecular flexibility index (Phi) is 9.99. The number of nitrogens with zero attached hydrogens (tertiary/aromatic N) is 3. The molecule has 0 radical (unpaired) electrons. The zero-order valence-electron chi connectivity index (χ0n) is 21.6. The van der Waals surface area contributed by atoms with E-state index in [-0.39, 0.29) is 24.9 Å². The summed E-state index contributed by atoms with van der Waals surface area (Å²) in [7, 11) is -0.771. The molecule has 2 heterocycles. The van der Waals surface area contributed by atoms with Crippen molar-refractivity contribution >= 4 is 22.4 Å². The molecule has 12 heteroatoms. The number of carbonyl (C=O) groups is 2. The molecule has 2 saturated heterocycles. The molecule has 2 fully saturated rings. The Morgan fingerprint density at radius 2 is 1.68 bits per heavy atom. The van der Waals surface area contributed by atoms with Crippen LogP contribution in [0, 0.1) is 0 Å². The lowest BCUT2D eigenvalue weighted by molar-refractivity contribution is -0.0408. The summed E-state index contributed by atoms with van der Waals surface area (Å²) in [5, 5.41) is 0. The number of amides is 2. The molecule has 2 amide bonds. The Morgan fingerprint density at radius 3 is 2.21 bits per heavy atom. The van der Waals surface area contributed by atoms with Crippen LogP contribution in [0.5, 0.6) is 0 Å². The molecule has 2 unspecified atom stereocenters. The van der Waals surface area contributed by atoms with Crippen molar-refractivity contribution in [3.63, 3.8) is 0 Å². The lowest BCUT2D eigenvalue weighted by Gasteiger charge is -2.42. The maximum atomic E-state index is 12.7. The van der Waals surface area contributed by atoms with Gasteiger partial charge in [0, 0.05) is 39.8 Å². The summed E-state index contributed by atoms with van der Waals surface area (Å²) in [4.78, 5) is 28.3. The second-order valence-corrected chi connectivity index (χ2v) is 12.3. The molecular formula is C22H42N4O7S. The number of carbonyl (C=O) groups excluding carboxylic acids is 2. The van der Waals surface area contributed by atoms with Crippen LogP contribution in [-0.2, 0) is 24.4 Å². The van der Waals surface area contributed by atoms with Gasteiger partial charge in [-0.1, -0.05) is 0 Å². The first-order valence-corrected chi connectivity index (χ1v) is 13.4. The zero-order valence-corrected chi connectivity index (χ0v) is 22.4. The summed E-state index contributed by atoms with van der Waals surface area (Å²) in [6.45, 7) is 10.7. The predicted octanol–water partition coefficient (Wildman–Crippen LogP) is 2.18. The molecule has 0 spiro atoms. The zero-order chi connectivity index (χ0) is 25.7. The first-order chi connectivity index (χ1) is 15.7. The third-order valence-electron chi connectivity index (χ3n) is 5.73. The highest BCUT2D eigenvalue weighted by atomic mass is 32.2. The van der Waals surface area contributed by atoms with E-state index < -0.39 is 34.0 Å². The molecule has 198 valence electrons. The van der Waals surface area contributed by atoms with Gasteiger partial charge in [0.15, 0.2) is 0 Å². The molecule has 11 nitrogen and oxygen atoms in total. The number of rotatable bonds is 7. The standard InChI is InChI=1S/C22H42N4O7S/c1-16(2)32-21(28)26-12-8-9-18(23-34(29,30)24(6)7)19(26)15-31-17-10-13-25(14-11-17)20(27)33-22(3,4)5/h16-19,23H,8-15H2,1-7H3. The van der Waals surface area contributed by atoms with Crippen molar-refractivity contribution in [1.82, 2.24) is 18.8 Å². The second kappa shape index (κ2) is 11.9. The summed E-state index contributed by atoms with van der Waals surface area (Å²) in [6, 6.07) is -0.999. The van der Waals surface area contributed by atoms with Crippen LogP contribution in [0.3, 0.4) is 0 Å². The van der Waals surface area contributed by atoms with Crippen molar-refractivity contribution in [2.75, 3.05) is 40.3 Å². The van der Waals surface area contributed by atoms with Crippen molar-refractivity contribution in [3.05, 3.63) is 0 Å². The van der Waals surface area contributed by atoms with E-state index >= 15 is 0 Å². The summed E-state index contributed by atoms with van der Waals surface area (Å²) >= 11 is 0. The number of ether oxygens (including phenoxy) is 3. The fraction of sp³-hybridized carbons (Fsp3) is 0.909.